The largest absolute Gasteiger partial charge is 0.467 e. The molecule has 0 bridgehead atoms. The number of nitrogen functional groups attached to an aromatic ring is 1. The minimum absolute atomic E-state index is 0.200. The van der Waals surface area contributed by atoms with Crippen molar-refractivity contribution in [3.8, 4) is 0 Å². The lowest BCUT2D eigenvalue weighted by atomic mass is 10.0. The molecule has 17 heavy (non-hydrogen) atoms. The standard InChI is InChI=1S/C12H17N3O2/c1-17-12(16)10-4-2-3-7-15(10)11-8-9(13)5-6-14-11/h5-6,8,10H,2-4,7H2,1H3,(H2,13,14). The maximum absolute atomic E-state index is 11.7. The Bertz CT molecular complexity index is 408. The van der Waals surface area contributed by atoms with Crippen molar-refractivity contribution in [1.29, 1.82) is 0 Å². The van der Waals surface area contributed by atoms with E-state index in [1.807, 2.05) is 4.90 Å². The number of methoxy groups -OCH3 is 1. The number of aromatic nitrogens is 1. The van der Waals surface area contributed by atoms with Crippen LogP contribution in [-0.2, 0) is 9.53 Å². The van der Waals surface area contributed by atoms with Gasteiger partial charge < -0.3 is 15.4 Å². The number of esters is 1. The summed E-state index contributed by atoms with van der Waals surface area (Å²) in [5.74, 6) is 0.550. The third kappa shape index (κ3) is 2.49. The second-order valence-corrected chi connectivity index (χ2v) is 4.18. The van der Waals surface area contributed by atoms with Gasteiger partial charge in [-0.25, -0.2) is 9.78 Å². The third-order valence-electron chi connectivity index (χ3n) is 3.04. The van der Waals surface area contributed by atoms with E-state index >= 15 is 0 Å². The zero-order chi connectivity index (χ0) is 12.3. The molecule has 0 amide bonds. The monoisotopic (exact) mass is 235 g/mol. The molecular weight excluding hydrogens is 218 g/mol. The summed E-state index contributed by atoms with van der Waals surface area (Å²) in [6.45, 7) is 0.816. The maximum Gasteiger partial charge on any atom is 0.328 e. The zero-order valence-corrected chi connectivity index (χ0v) is 9.93. The second kappa shape index (κ2) is 5.03. The molecule has 1 unspecified atom stereocenters. The van der Waals surface area contributed by atoms with E-state index in [4.69, 9.17) is 10.5 Å². The van der Waals surface area contributed by atoms with Crippen LogP contribution in [0.25, 0.3) is 0 Å². The summed E-state index contributed by atoms with van der Waals surface area (Å²) in [5, 5.41) is 0. The minimum atomic E-state index is -0.233. The average Bonchev–Trinajstić information content (AvgIpc) is 2.38. The van der Waals surface area contributed by atoms with Gasteiger partial charge in [-0.3, -0.25) is 0 Å². The second-order valence-electron chi connectivity index (χ2n) is 4.18. The number of rotatable bonds is 2. The van der Waals surface area contributed by atoms with Gasteiger partial charge in [0.25, 0.3) is 0 Å². The van der Waals surface area contributed by atoms with Crippen LogP contribution in [0.2, 0.25) is 0 Å². The number of piperidine rings is 1. The van der Waals surface area contributed by atoms with E-state index in [-0.39, 0.29) is 12.0 Å². The highest BCUT2D eigenvalue weighted by molar-refractivity contribution is 5.80. The van der Waals surface area contributed by atoms with Crippen molar-refractivity contribution in [2.45, 2.75) is 25.3 Å². The number of nitrogens with zero attached hydrogens (tertiary/aromatic N) is 2. The Morgan fingerprint density at radius 3 is 3.12 bits per heavy atom. The minimum Gasteiger partial charge on any atom is -0.467 e. The van der Waals surface area contributed by atoms with E-state index in [0.29, 0.717) is 5.69 Å². The molecule has 0 saturated carbocycles. The molecule has 1 atom stereocenters. The summed E-state index contributed by atoms with van der Waals surface area (Å²) in [4.78, 5) is 18.0. The lowest BCUT2D eigenvalue weighted by Crippen LogP contribution is -2.45. The quantitative estimate of drug-likeness (QED) is 0.780. The van der Waals surface area contributed by atoms with E-state index in [1.54, 1.807) is 18.3 Å². The summed E-state index contributed by atoms with van der Waals surface area (Å²) < 4.78 is 4.83. The van der Waals surface area contributed by atoms with Crippen LogP contribution in [0.15, 0.2) is 18.3 Å². The highest BCUT2D eigenvalue weighted by Gasteiger charge is 2.30. The molecule has 1 aromatic heterocycles. The molecule has 1 aliphatic rings. The van der Waals surface area contributed by atoms with Gasteiger partial charge in [-0.1, -0.05) is 0 Å². The maximum atomic E-state index is 11.7. The number of hydrogen-bond donors (Lipinski definition) is 1. The van der Waals surface area contributed by atoms with E-state index in [9.17, 15) is 4.79 Å². The number of ether oxygens (including phenoxy) is 1. The molecule has 0 radical (unpaired) electrons. The fraction of sp³-hybridized carbons (Fsp3) is 0.500. The van der Waals surface area contributed by atoms with Crippen LogP contribution in [-0.4, -0.2) is 30.6 Å². The van der Waals surface area contributed by atoms with Gasteiger partial charge in [0.1, 0.15) is 11.9 Å². The molecule has 0 spiro atoms. The Balaban J connectivity index is 2.24. The van der Waals surface area contributed by atoms with Gasteiger partial charge in [-0.2, -0.15) is 0 Å². The molecule has 2 N–H and O–H groups in total. The molecule has 1 fully saturated rings. The van der Waals surface area contributed by atoms with E-state index in [0.717, 1.165) is 31.6 Å². The lowest BCUT2D eigenvalue weighted by Gasteiger charge is -2.34. The summed E-state index contributed by atoms with van der Waals surface area (Å²) in [5.41, 5.74) is 6.39. The first-order valence-corrected chi connectivity index (χ1v) is 5.78. The number of carbonyl (C=O) groups excluding carboxylic acids is 1. The van der Waals surface area contributed by atoms with Crippen molar-refractivity contribution in [1.82, 2.24) is 4.98 Å². The Morgan fingerprint density at radius 2 is 2.41 bits per heavy atom. The average molecular weight is 235 g/mol. The highest BCUT2D eigenvalue weighted by atomic mass is 16.5. The number of nitrogens with two attached hydrogens (primary N) is 1. The smallest absolute Gasteiger partial charge is 0.328 e. The molecule has 1 aromatic rings. The van der Waals surface area contributed by atoms with E-state index in [1.165, 1.54) is 7.11 Å². The molecule has 0 aromatic carbocycles. The summed E-state index contributed by atoms with van der Waals surface area (Å²) in [6, 6.07) is 3.30. The number of hydrogen-bond acceptors (Lipinski definition) is 5. The first-order chi connectivity index (χ1) is 8.22. The van der Waals surface area contributed by atoms with Gasteiger partial charge in [0.2, 0.25) is 0 Å². The van der Waals surface area contributed by atoms with Gasteiger partial charge in [-0.15, -0.1) is 0 Å². The molecule has 5 nitrogen and oxygen atoms in total. The van der Waals surface area contributed by atoms with Gasteiger partial charge >= 0.3 is 5.97 Å². The van der Waals surface area contributed by atoms with Gasteiger partial charge in [0, 0.05) is 24.5 Å². The van der Waals surface area contributed by atoms with Crippen LogP contribution in [0.4, 0.5) is 11.5 Å². The molecular formula is C12H17N3O2. The normalized spacial score (nSPS) is 20.1. The van der Waals surface area contributed by atoms with Crippen molar-refractivity contribution >= 4 is 17.5 Å². The first kappa shape index (κ1) is 11.7. The van der Waals surface area contributed by atoms with Crippen LogP contribution in [0, 0.1) is 0 Å². The Labute approximate surface area is 101 Å². The summed E-state index contributed by atoms with van der Waals surface area (Å²) in [6.07, 6.45) is 4.57. The predicted octanol–water partition coefficient (Wildman–Crippen LogP) is 1.20. The topological polar surface area (TPSA) is 68.5 Å². The summed E-state index contributed by atoms with van der Waals surface area (Å²) in [7, 11) is 1.42. The number of pyridine rings is 1. The molecule has 2 heterocycles. The van der Waals surface area contributed by atoms with Crippen LogP contribution >= 0.6 is 0 Å². The van der Waals surface area contributed by atoms with Crippen LogP contribution < -0.4 is 10.6 Å². The zero-order valence-electron chi connectivity index (χ0n) is 9.93. The van der Waals surface area contributed by atoms with E-state index < -0.39 is 0 Å². The number of anilines is 2. The van der Waals surface area contributed by atoms with Gasteiger partial charge in [0.05, 0.1) is 7.11 Å². The molecule has 1 saturated heterocycles. The van der Waals surface area contributed by atoms with Crippen molar-refractivity contribution in [2.75, 3.05) is 24.3 Å². The molecule has 2 rings (SSSR count). The molecule has 0 aliphatic carbocycles. The highest BCUT2D eigenvalue weighted by Crippen LogP contribution is 2.24. The van der Waals surface area contributed by atoms with Crippen LogP contribution in [0.5, 0.6) is 0 Å². The predicted molar refractivity (Wildman–Crippen MR) is 65.7 cm³/mol. The molecule has 1 aliphatic heterocycles. The van der Waals surface area contributed by atoms with Crippen molar-refractivity contribution in [3.63, 3.8) is 0 Å². The Kier molecular flexibility index (Phi) is 3.46. The lowest BCUT2D eigenvalue weighted by molar-refractivity contribution is -0.142. The van der Waals surface area contributed by atoms with Crippen molar-refractivity contribution in [2.24, 2.45) is 0 Å². The van der Waals surface area contributed by atoms with Gasteiger partial charge in [-0.05, 0) is 25.3 Å². The number of carbonyl (C=O) groups is 1. The third-order valence-corrected chi connectivity index (χ3v) is 3.04. The van der Waals surface area contributed by atoms with Gasteiger partial charge in [0.15, 0.2) is 0 Å². The molecule has 5 heteroatoms. The van der Waals surface area contributed by atoms with Crippen molar-refractivity contribution in [3.05, 3.63) is 18.3 Å². The SMILES string of the molecule is COC(=O)C1CCCCN1c1cc(N)ccn1. The van der Waals surface area contributed by atoms with Crippen LogP contribution in [0.3, 0.4) is 0 Å². The molecule has 92 valence electrons. The van der Waals surface area contributed by atoms with E-state index in [2.05, 4.69) is 4.98 Å². The first-order valence-electron chi connectivity index (χ1n) is 5.78. The van der Waals surface area contributed by atoms with Crippen molar-refractivity contribution < 1.29 is 9.53 Å². The summed E-state index contributed by atoms with van der Waals surface area (Å²) >= 11 is 0. The fourth-order valence-corrected chi connectivity index (χ4v) is 2.18. The Morgan fingerprint density at radius 1 is 1.59 bits per heavy atom. The van der Waals surface area contributed by atoms with Crippen LogP contribution in [0.1, 0.15) is 19.3 Å². The Hall–Kier alpha value is -1.78. The fourth-order valence-electron chi connectivity index (χ4n) is 2.18.